The fourth-order valence-electron chi connectivity index (χ4n) is 0.297. The summed E-state index contributed by atoms with van der Waals surface area (Å²) in [7, 11) is -2.74. The molecular weight excluding hydrogens is 193 g/mol. The zero-order valence-corrected chi connectivity index (χ0v) is 7.51. The maximum absolute atomic E-state index is 12.2. The fourth-order valence-corrected chi connectivity index (χ4v) is 1.08. The average molecular weight is 203 g/mol. The summed E-state index contributed by atoms with van der Waals surface area (Å²) < 4.78 is 31.4. The Labute approximate surface area is 70.1 Å². The summed E-state index contributed by atoms with van der Waals surface area (Å²) in [6, 6.07) is 0. The van der Waals surface area contributed by atoms with E-state index in [2.05, 4.69) is 15.6 Å². The van der Waals surface area contributed by atoms with Crippen molar-refractivity contribution >= 4 is 19.9 Å². The van der Waals surface area contributed by atoms with Crippen LogP contribution in [0.4, 0.5) is 4.39 Å². The van der Waals surface area contributed by atoms with E-state index in [4.69, 9.17) is 11.6 Å². The van der Waals surface area contributed by atoms with E-state index in [-0.39, 0.29) is 12.5 Å². The Kier molecular flexibility index (Phi) is 6.87. The second-order valence-electron chi connectivity index (χ2n) is 1.53. The van der Waals surface area contributed by atoms with Crippen molar-refractivity contribution in [1.29, 1.82) is 0 Å². The minimum absolute atomic E-state index is 0.0762. The first kappa shape index (κ1) is 11.1. The molecule has 0 saturated carbocycles. The first-order valence-corrected chi connectivity index (χ1v) is 4.61. The van der Waals surface area contributed by atoms with Crippen molar-refractivity contribution in [3.8, 4) is 0 Å². The first-order chi connectivity index (χ1) is 5.20. The Morgan fingerprint density at radius 3 is 2.91 bits per heavy atom. The fraction of sp³-hybridized carbons (Fsp3) is 0.600. The van der Waals surface area contributed by atoms with Gasteiger partial charge in [-0.2, -0.15) is 0 Å². The van der Waals surface area contributed by atoms with E-state index in [0.717, 1.165) is 0 Å². The smallest absolute Gasteiger partial charge is 0.306 e. The highest BCUT2D eigenvalue weighted by Gasteiger charge is 2.08. The van der Waals surface area contributed by atoms with E-state index in [1.807, 2.05) is 0 Å². The highest BCUT2D eigenvalue weighted by atomic mass is 35.5. The molecule has 0 rings (SSSR count). The van der Waals surface area contributed by atoms with Crippen LogP contribution in [0.5, 0.6) is 0 Å². The molecule has 3 nitrogen and oxygen atoms in total. The molecule has 2 atom stereocenters. The van der Waals surface area contributed by atoms with Crippen molar-refractivity contribution in [2.24, 2.45) is 0 Å². The van der Waals surface area contributed by atoms with E-state index in [1.54, 1.807) is 0 Å². The summed E-state index contributed by atoms with van der Waals surface area (Å²) in [5.41, 5.74) is 0. The van der Waals surface area contributed by atoms with E-state index in [9.17, 15) is 8.96 Å². The topological polar surface area (TPSA) is 35.5 Å². The van der Waals surface area contributed by atoms with Crippen molar-refractivity contribution in [2.45, 2.75) is 6.36 Å². The number of halogens is 2. The van der Waals surface area contributed by atoms with Gasteiger partial charge in [-0.05, 0) is 0 Å². The normalized spacial score (nSPS) is 15.8. The molecule has 0 aliphatic carbocycles. The zero-order chi connectivity index (χ0) is 8.69. The van der Waals surface area contributed by atoms with Gasteiger partial charge in [0.1, 0.15) is 0 Å². The standard InChI is InChI=1S/C5H9ClFO3P/c1-2-3-9-11(8)10-5(7)4-6/h2,5,11H,1,3-4H2. The van der Waals surface area contributed by atoms with Gasteiger partial charge < -0.3 is 4.52 Å². The molecule has 66 valence electrons. The van der Waals surface area contributed by atoms with Crippen LogP contribution in [0.2, 0.25) is 0 Å². The lowest BCUT2D eigenvalue weighted by molar-refractivity contribution is 0.0777. The summed E-state index contributed by atoms with van der Waals surface area (Å²) in [6.07, 6.45) is -0.340. The molecule has 11 heavy (non-hydrogen) atoms. The summed E-state index contributed by atoms with van der Waals surface area (Å²) in [6.45, 7) is 3.39. The van der Waals surface area contributed by atoms with Crippen molar-refractivity contribution < 1.29 is 18.0 Å². The average Bonchev–Trinajstić information content (AvgIpc) is 2.00. The van der Waals surface area contributed by atoms with Crippen LogP contribution < -0.4 is 0 Å². The minimum atomic E-state index is -2.74. The monoisotopic (exact) mass is 202 g/mol. The first-order valence-electron chi connectivity index (χ1n) is 2.85. The van der Waals surface area contributed by atoms with Gasteiger partial charge in [-0.3, -0.25) is 9.09 Å². The molecular formula is C5H9ClFO3P. The van der Waals surface area contributed by atoms with Gasteiger partial charge in [0.2, 0.25) is 6.36 Å². The molecule has 0 amide bonds. The molecule has 0 heterocycles. The summed E-state index contributed by atoms with van der Waals surface area (Å²) >= 11 is 5.03. The number of hydrogen-bond donors (Lipinski definition) is 0. The summed E-state index contributed by atoms with van der Waals surface area (Å²) in [4.78, 5) is 0. The summed E-state index contributed by atoms with van der Waals surface area (Å²) in [5.74, 6) is -0.353. The second kappa shape index (κ2) is 6.80. The maximum atomic E-state index is 12.2. The van der Waals surface area contributed by atoms with Gasteiger partial charge in [0, 0.05) is 0 Å². The SMILES string of the molecule is C=CCO[PH](=O)OC(F)CCl. The van der Waals surface area contributed by atoms with Gasteiger partial charge in [-0.15, -0.1) is 18.2 Å². The molecule has 0 N–H and O–H groups in total. The molecule has 0 fully saturated rings. The van der Waals surface area contributed by atoms with Crippen LogP contribution in [-0.2, 0) is 13.6 Å². The molecule has 0 bridgehead atoms. The van der Waals surface area contributed by atoms with Crippen LogP contribution in [0.25, 0.3) is 0 Å². The van der Waals surface area contributed by atoms with Crippen LogP contribution >= 0.6 is 19.9 Å². The Hall–Kier alpha value is 0.110. The van der Waals surface area contributed by atoms with Crippen LogP contribution in [0.3, 0.4) is 0 Å². The van der Waals surface area contributed by atoms with Crippen molar-refractivity contribution in [3.63, 3.8) is 0 Å². The van der Waals surface area contributed by atoms with Crippen LogP contribution in [-0.4, -0.2) is 18.8 Å². The predicted octanol–water partition coefficient (Wildman–Crippen LogP) is 2.13. The Balaban J connectivity index is 3.43. The molecule has 0 saturated heterocycles. The molecule has 0 aliphatic rings. The molecule has 0 aromatic heterocycles. The largest absolute Gasteiger partial charge is 0.322 e. The van der Waals surface area contributed by atoms with Crippen LogP contribution in [0.1, 0.15) is 0 Å². The zero-order valence-electron chi connectivity index (χ0n) is 5.76. The third-order valence-electron chi connectivity index (χ3n) is 0.664. The van der Waals surface area contributed by atoms with Crippen LogP contribution in [0.15, 0.2) is 12.7 Å². The van der Waals surface area contributed by atoms with Gasteiger partial charge in [-0.1, -0.05) is 6.08 Å². The van der Waals surface area contributed by atoms with E-state index in [0.29, 0.717) is 0 Å². The third-order valence-corrected chi connectivity index (χ3v) is 1.76. The van der Waals surface area contributed by atoms with Gasteiger partial charge in [0.25, 0.3) is 0 Å². The van der Waals surface area contributed by atoms with E-state index < -0.39 is 14.6 Å². The number of hydrogen-bond acceptors (Lipinski definition) is 3. The highest BCUT2D eigenvalue weighted by Crippen LogP contribution is 2.26. The molecule has 0 spiro atoms. The molecule has 0 radical (unpaired) electrons. The van der Waals surface area contributed by atoms with E-state index in [1.165, 1.54) is 6.08 Å². The van der Waals surface area contributed by atoms with Gasteiger partial charge in [-0.25, -0.2) is 4.39 Å². The maximum Gasteiger partial charge on any atom is 0.322 e. The molecule has 0 aromatic rings. The van der Waals surface area contributed by atoms with Gasteiger partial charge >= 0.3 is 8.25 Å². The molecule has 0 aromatic carbocycles. The van der Waals surface area contributed by atoms with Crippen LogP contribution in [0, 0.1) is 0 Å². The minimum Gasteiger partial charge on any atom is -0.306 e. The second-order valence-corrected chi connectivity index (χ2v) is 2.86. The Morgan fingerprint density at radius 2 is 2.45 bits per heavy atom. The number of alkyl halides is 2. The number of rotatable bonds is 6. The lowest BCUT2D eigenvalue weighted by Crippen LogP contribution is -2.02. The highest BCUT2D eigenvalue weighted by molar-refractivity contribution is 7.33. The van der Waals surface area contributed by atoms with Gasteiger partial charge in [0.05, 0.1) is 12.5 Å². The quantitative estimate of drug-likeness (QED) is 0.376. The lowest BCUT2D eigenvalue weighted by Gasteiger charge is -2.04. The Bertz CT molecular complexity index is 144. The van der Waals surface area contributed by atoms with Crippen molar-refractivity contribution in [3.05, 3.63) is 12.7 Å². The van der Waals surface area contributed by atoms with Gasteiger partial charge in [0.15, 0.2) is 0 Å². The lowest BCUT2D eigenvalue weighted by atomic mass is 10.7. The predicted molar refractivity (Wildman–Crippen MR) is 41.9 cm³/mol. The van der Waals surface area contributed by atoms with Crippen molar-refractivity contribution in [1.82, 2.24) is 0 Å². The summed E-state index contributed by atoms with van der Waals surface area (Å²) in [5, 5.41) is 0. The third kappa shape index (κ3) is 6.51. The Morgan fingerprint density at radius 1 is 1.82 bits per heavy atom. The molecule has 0 aliphatic heterocycles. The molecule has 2 unspecified atom stereocenters. The molecule has 6 heteroatoms. The van der Waals surface area contributed by atoms with Crippen molar-refractivity contribution in [2.75, 3.05) is 12.5 Å². The van der Waals surface area contributed by atoms with E-state index >= 15 is 0 Å².